The van der Waals surface area contributed by atoms with E-state index < -0.39 is 0 Å². The Labute approximate surface area is 155 Å². The minimum atomic E-state index is -0.212. The fourth-order valence-corrected chi connectivity index (χ4v) is 3.92. The summed E-state index contributed by atoms with van der Waals surface area (Å²) in [5, 5.41) is 0. The number of rotatable bonds is 0. The van der Waals surface area contributed by atoms with Crippen molar-refractivity contribution in [3.63, 3.8) is 0 Å². The first-order valence-electron chi connectivity index (χ1n) is 8.85. The second-order valence-electron chi connectivity index (χ2n) is 7.94. The van der Waals surface area contributed by atoms with Crippen molar-refractivity contribution >= 4 is 11.8 Å². The minimum Gasteiger partial charge on any atom is -0.288 e. The molecule has 0 N–H and O–H groups in total. The van der Waals surface area contributed by atoms with Crippen LogP contribution in [0, 0.1) is 0 Å². The molecule has 2 aliphatic rings. The number of amides is 2. The van der Waals surface area contributed by atoms with Gasteiger partial charge in [-0.3, -0.25) is 19.4 Å². The molecule has 0 radical (unpaired) electrons. The molecule has 0 bridgehead atoms. The molecule has 0 aromatic heterocycles. The van der Waals surface area contributed by atoms with Gasteiger partial charge in [0.2, 0.25) is 0 Å². The van der Waals surface area contributed by atoms with Crippen molar-refractivity contribution in [2.75, 3.05) is 14.1 Å². The number of fused-ring (bicyclic) bond motifs is 2. The lowest BCUT2D eigenvalue weighted by Gasteiger charge is -2.37. The molecule has 4 heteroatoms. The van der Waals surface area contributed by atoms with Gasteiger partial charge in [0.1, 0.15) is 0 Å². The summed E-state index contributed by atoms with van der Waals surface area (Å²) in [6.07, 6.45) is 0. The summed E-state index contributed by atoms with van der Waals surface area (Å²) in [5.41, 5.74) is 4.25. The topological polar surface area (TPSA) is 40.6 Å². The Balaban J connectivity index is 0.000000152. The summed E-state index contributed by atoms with van der Waals surface area (Å²) >= 11 is 0. The Morgan fingerprint density at radius 1 is 0.654 bits per heavy atom. The van der Waals surface area contributed by atoms with E-state index in [9.17, 15) is 9.59 Å². The molecular formula is C22H26N2O2. The zero-order chi connectivity index (χ0) is 19.3. The SMILES string of the molecule is CN1C(=O)c2ccccc2C1=O.CN1C(C)(C)c2ccccc2C1(C)C. The van der Waals surface area contributed by atoms with Gasteiger partial charge in [0, 0.05) is 18.1 Å². The van der Waals surface area contributed by atoms with Gasteiger partial charge in [-0.15, -0.1) is 0 Å². The van der Waals surface area contributed by atoms with Crippen molar-refractivity contribution in [1.82, 2.24) is 9.80 Å². The second kappa shape index (κ2) is 6.06. The van der Waals surface area contributed by atoms with Crippen LogP contribution < -0.4 is 0 Å². The number of benzene rings is 2. The molecule has 4 nitrogen and oxygen atoms in total. The maximum Gasteiger partial charge on any atom is 0.261 e. The largest absolute Gasteiger partial charge is 0.288 e. The van der Waals surface area contributed by atoms with Gasteiger partial charge in [-0.2, -0.15) is 0 Å². The zero-order valence-electron chi connectivity index (χ0n) is 16.3. The number of carbonyl (C=O) groups excluding carboxylic acids is 2. The standard InChI is InChI=1S/C13H19N.C9H7NO2/c1-12(2)10-8-6-7-9-11(10)13(3,4)14(12)5;1-10-8(11)6-4-2-3-5-7(6)9(10)12/h6-9H,1-5H3;2-5H,1H3. The molecule has 26 heavy (non-hydrogen) atoms. The first kappa shape index (κ1) is 18.3. The molecular weight excluding hydrogens is 324 g/mol. The summed E-state index contributed by atoms with van der Waals surface area (Å²) in [7, 11) is 3.70. The number of nitrogens with zero attached hydrogens (tertiary/aromatic N) is 2. The fourth-order valence-electron chi connectivity index (χ4n) is 3.92. The van der Waals surface area contributed by atoms with E-state index >= 15 is 0 Å². The van der Waals surface area contributed by atoms with E-state index in [1.807, 2.05) is 0 Å². The van der Waals surface area contributed by atoms with Gasteiger partial charge in [-0.05, 0) is 58.0 Å². The average molecular weight is 350 g/mol. The van der Waals surface area contributed by atoms with Gasteiger partial charge in [-0.1, -0.05) is 36.4 Å². The monoisotopic (exact) mass is 350 g/mol. The maximum atomic E-state index is 11.3. The maximum absolute atomic E-state index is 11.3. The van der Waals surface area contributed by atoms with Crippen LogP contribution in [0.15, 0.2) is 48.5 Å². The van der Waals surface area contributed by atoms with Crippen LogP contribution in [0.5, 0.6) is 0 Å². The van der Waals surface area contributed by atoms with Crippen LogP contribution in [0.1, 0.15) is 59.5 Å². The van der Waals surface area contributed by atoms with Crippen molar-refractivity contribution in [2.45, 2.75) is 38.8 Å². The Morgan fingerprint density at radius 2 is 1.00 bits per heavy atom. The molecule has 2 heterocycles. The van der Waals surface area contributed by atoms with Crippen LogP contribution in [0.4, 0.5) is 0 Å². The van der Waals surface area contributed by atoms with Gasteiger partial charge in [0.15, 0.2) is 0 Å². The van der Waals surface area contributed by atoms with Crippen LogP contribution in [-0.4, -0.2) is 35.7 Å². The van der Waals surface area contributed by atoms with E-state index in [0.717, 1.165) is 4.90 Å². The van der Waals surface area contributed by atoms with E-state index in [4.69, 9.17) is 0 Å². The molecule has 2 aromatic carbocycles. The highest BCUT2D eigenvalue weighted by molar-refractivity contribution is 6.21. The van der Waals surface area contributed by atoms with Crippen molar-refractivity contribution in [2.24, 2.45) is 0 Å². The van der Waals surface area contributed by atoms with Crippen LogP contribution in [0.25, 0.3) is 0 Å². The quantitative estimate of drug-likeness (QED) is 0.674. The predicted molar refractivity (Wildman–Crippen MR) is 103 cm³/mol. The van der Waals surface area contributed by atoms with Crippen molar-refractivity contribution in [3.05, 3.63) is 70.8 Å². The molecule has 0 atom stereocenters. The highest BCUT2D eigenvalue weighted by Crippen LogP contribution is 2.47. The number of imide groups is 1. The number of carbonyl (C=O) groups is 2. The first-order chi connectivity index (χ1) is 12.1. The molecule has 2 aliphatic heterocycles. The van der Waals surface area contributed by atoms with Crippen LogP contribution in [-0.2, 0) is 11.1 Å². The third kappa shape index (κ3) is 2.56. The van der Waals surface area contributed by atoms with Gasteiger partial charge in [0.05, 0.1) is 11.1 Å². The number of hydrogen-bond acceptors (Lipinski definition) is 3. The molecule has 2 amide bonds. The Kier molecular flexibility index (Phi) is 4.27. The molecule has 0 saturated carbocycles. The van der Waals surface area contributed by atoms with Gasteiger partial charge in [0.25, 0.3) is 11.8 Å². The van der Waals surface area contributed by atoms with Crippen LogP contribution in [0.3, 0.4) is 0 Å². The molecule has 0 aliphatic carbocycles. The summed E-state index contributed by atoms with van der Waals surface area (Å²) in [4.78, 5) is 26.2. The van der Waals surface area contributed by atoms with E-state index in [2.05, 4.69) is 63.9 Å². The molecule has 0 spiro atoms. The Bertz CT molecular complexity index is 813. The summed E-state index contributed by atoms with van der Waals surface area (Å²) in [6, 6.07) is 15.6. The molecule has 0 fully saturated rings. The van der Waals surface area contributed by atoms with Crippen molar-refractivity contribution in [3.8, 4) is 0 Å². The molecule has 136 valence electrons. The fraction of sp³-hybridized carbons (Fsp3) is 0.364. The number of hydrogen-bond donors (Lipinski definition) is 0. The predicted octanol–water partition coefficient (Wildman–Crippen LogP) is 4.01. The molecule has 2 aromatic rings. The van der Waals surface area contributed by atoms with Crippen molar-refractivity contribution < 1.29 is 9.59 Å². The summed E-state index contributed by atoms with van der Waals surface area (Å²) in [6.45, 7) is 9.17. The van der Waals surface area contributed by atoms with Gasteiger partial charge in [-0.25, -0.2) is 0 Å². The second-order valence-corrected chi connectivity index (χ2v) is 7.94. The Hall–Kier alpha value is -2.46. The Morgan fingerprint density at radius 3 is 1.38 bits per heavy atom. The van der Waals surface area contributed by atoms with E-state index in [0.29, 0.717) is 11.1 Å². The lowest BCUT2D eigenvalue weighted by Crippen LogP contribution is -2.42. The molecule has 0 saturated heterocycles. The van der Waals surface area contributed by atoms with Crippen molar-refractivity contribution in [1.29, 1.82) is 0 Å². The molecule has 4 rings (SSSR count). The third-order valence-electron chi connectivity index (χ3n) is 5.92. The lowest BCUT2D eigenvalue weighted by molar-refractivity contribution is 0.0692. The normalized spacial score (nSPS) is 19.7. The van der Waals surface area contributed by atoms with Crippen LogP contribution >= 0.6 is 0 Å². The summed E-state index contributed by atoms with van der Waals surface area (Å²) in [5.74, 6) is -0.425. The summed E-state index contributed by atoms with van der Waals surface area (Å²) < 4.78 is 0. The average Bonchev–Trinajstić information content (AvgIpc) is 2.93. The smallest absolute Gasteiger partial charge is 0.261 e. The lowest BCUT2D eigenvalue weighted by atomic mass is 9.91. The van der Waals surface area contributed by atoms with Crippen LogP contribution in [0.2, 0.25) is 0 Å². The van der Waals surface area contributed by atoms with Gasteiger partial charge >= 0.3 is 0 Å². The van der Waals surface area contributed by atoms with Gasteiger partial charge < -0.3 is 0 Å². The van der Waals surface area contributed by atoms with E-state index in [1.165, 1.54) is 18.2 Å². The third-order valence-corrected chi connectivity index (χ3v) is 5.92. The van der Waals surface area contributed by atoms with E-state index in [1.54, 1.807) is 24.3 Å². The van der Waals surface area contributed by atoms with E-state index in [-0.39, 0.29) is 22.9 Å². The zero-order valence-corrected chi connectivity index (χ0v) is 16.3. The molecule has 0 unspecified atom stereocenters. The minimum absolute atomic E-state index is 0.153. The first-order valence-corrected chi connectivity index (χ1v) is 8.85. The highest BCUT2D eigenvalue weighted by Gasteiger charge is 2.46. The highest BCUT2D eigenvalue weighted by atomic mass is 16.2.